The molecule has 2 N–H and O–H groups in total. The summed E-state index contributed by atoms with van der Waals surface area (Å²) >= 11 is 0. The van der Waals surface area contributed by atoms with Crippen molar-refractivity contribution in [1.82, 2.24) is 9.88 Å². The fourth-order valence-corrected chi connectivity index (χ4v) is 2.15. The molecule has 0 radical (unpaired) electrons. The Kier molecular flexibility index (Phi) is 5.44. The average Bonchev–Trinajstić information content (AvgIpc) is 2.48. The number of hydrogen-bond donors (Lipinski definition) is 2. The highest BCUT2D eigenvalue weighted by molar-refractivity contribution is 6.58. The SMILES string of the molecule is CN(CCc1ccncc1)Cc1ccc(F)c(B(O)O)c1. The molecule has 0 atom stereocenters. The second kappa shape index (κ2) is 7.31. The Hall–Kier alpha value is -1.76. The molecule has 2 rings (SSSR count). The van der Waals surface area contributed by atoms with E-state index in [1.807, 2.05) is 19.2 Å². The van der Waals surface area contributed by atoms with E-state index >= 15 is 0 Å². The molecule has 0 bridgehead atoms. The van der Waals surface area contributed by atoms with Gasteiger partial charge in [0.25, 0.3) is 0 Å². The van der Waals surface area contributed by atoms with Gasteiger partial charge >= 0.3 is 7.12 Å². The highest BCUT2D eigenvalue weighted by atomic mass is 19.1. The summed E-state index contributed by atoms with van der Waals surface area (Å²) in [5.74, 6) is -0.604. The molecule has 0 aliphatic carbocycles. The Morgan fingerprint density at radius 3 is 2.52 bits per heavy atom. The molecule has 0 spiro atoms. The van der Waals surface area contributed by atoms with Crippen molar-refractivity contribution in [3.05, 3.63) is 59.7 Å². The van der Waals surface area contributed by atoms with Crippen molar-refractivity contribution >= 4 is 12.6 Å². The number of benzene rings is 1. The number of pyridine rings is 1. The Morgan fingerprint density at radius 2 is 1.86 bits per heavy atom. The Morgan fingerprint density at radius 1 is 1.14 bits per heavy atom. The minimum Gasteiger partial charge on any atom is -0.423 e. The molecule has 1 aromatic heterocycles. The average molecular weight is 288 g/mol. The predicted molar refractivity (Wildman–Crippen MR) is 80.5 cm³/mol. The van der Waals surface area contributed by atoms with Gasteiger partial charge in [-0.3, -0.25) is 4.98 Å². The van der Waals surface area contributed by atoms with Gasteiger partial charge in [0.1, 0.15) is 5.82 Å². The number of aromatic nitrogens is 1. The number of rotatable bonds is 6. The van der Waals surface area contributed by atoms with Gasteiger partial charge in [0.15, 0.2) is 0 Å². The quantitative estimate of drug-likeness (QED) is 0.763. The second-order valence-electron chi connectivity index (χ2n) is 5.07. The van der Waals surface area contributed by atoms with Crippen LogP contribution < -0.4 is 5.46 Å². The van der Waals surface area contributed by atoms with Crippen LogP contribution in [0.1, 0.15) is 11.1 Å². The third kappa shape index (κ3) is 4.63. The van der Waals surface area contributed by atoms with Gasteiger partial charge in [-0.05, 0) is 42.8 Å². The normalized spacial score (nSPS) is 10.9. The third-order valence-corrected chi connectivity index (χ3v) is 3.32. The van der Waals surface area contributed by atoms with Gasteiger partial charge in [0.2, 0.25) is 0 Å². The van der Waals surface area contributed by atoms with Crippen LogP contribution in [0.3, 0.4) is 0 Å². The topological polar surface area (TPSA) is 56.6 Å². The maximum absolute atomic E-state index is 13.4. The summed E-state index contributed by atoms with van der Waals surface area (Å²) < 4.78 is 13.4. The Balaban J connectivity index is 1.93. The fraction of sp³-hybridized carbons (Fsp3) is 0.267. The molecule has 0 aliphatic rings. The van der Waals surface area contributed by atoms with Crippen LogP contribution in [0, 0.1) is 5.82 Å². The van der Waals surface area contributed by atoms with E-state index < -0.39 is 12.9 Å². The van der Waals surface area contributed by atoms with E-state index in [-0.39, 0.29) is 5.46 Å². The van der Waals surface area contributed by atoms with Gasteiger partial charge in [-0.2, -0.15) is 0 Å². The second-order valence-corrected chi connectivity index (χ2v) is 5.07. The summed E-state index contributed by atoms with van der Waals surface area (Å²) in [6.07, 6.45) is 4.43. The Labute approximate surface area is 124 Å². The molecule has 0 aliphatic heterocycles. The molecule has 0 saturated heterocycles. The Bertz CT molecular complexity index is 581. The van der Waals surface area contributed by atoms with Crippen LogP contribution >= 0.6 is 0 Å². The number of halogens is 1. The molecular formula is C15H18BFN2O2. The lowest BCUT2D eigenvalue weighted by atomic mass is 9.79. The van der Waals surface area contributed by atoms with Crippen molar-refractivity contribution < 1.29 is 14.4 Å². The number of likely N-dealkylation sites (N-methyl/N-ethyl adjacent to an activating group) is 1. The van der Waals surface area contributed by atoms with Crippen LogP contribution in [-0.4, -0.2) is 40.6 Å². The first-order valence-corrected chi connectivity index (χ1v) is 6.78. The molecule has 0 fully saturated rings. The third-order valence-electron chi connectivity index (χ3n) is 3.32. The molecule has 0 saturated carbocycles. The van der Waals surface area contributed by atoms with Gasteiger partial charge in [-0.15, -0.1) is 0 Å². The van der Waals surface area contributed by atoms with E-state index in [1.54, 1.807) is 18.5 Å². The molecular weight excluding hydrogens is 270 g/mol. The summed E-state index contributed by atoms with van der Waals surface area (Å²) in [4.78, 5) is 6.08. The van der Waals surface area contributed by atoms with Crippen molar-refractivity contribution in [2.75, 3.05) is 13.6 Å². The predicted octanol–water partition coefficient (Wildman–Crippen LogP) is 0.575. The van der Waals surface area contributed by atoms with E-state index in [1.165, 1.54) is 17.7 Å². The van der Waals surface area contributed by atoms with E-state index in [0.717, 1.165) is 18.5 Å². The minimum absolute atomic E-state index is 0.0879. The summed E-state index contributed by atoms with van der Waals surface area (Å²) in [5, 5.41) is 18.2. The van der Waals surface area contributed by atoms with Crippen molar-refractivity contribution in [2.24, 2.45) is 0 Å². The summed E-state index contributed by atoms with van der Waals surface area (Å²) in [6, 6.07) is 8.37. The van der Waals surface area contributed by atoms with Crippen LogP contribution in [0.25, 0.3) is 0 Å². The zero-order chi connectivity index (χ0) is 15.2. The van der Waals surface area contributed by atoms with Crippen LogP contribution in [-0.2, 0) is 13.0 Å². The highest BCUT2D eigenvalue weighted by Crippen LogP contribution is 2.06. The minimum atomic E-state index is -1.79. The fourth-order valence-electron chi connectivity index (χ4n) is 2.15. The molecule has 1 heterocycles. The van der Waals surface area contributed by atoms with Crippen LogP contribution in [0.15, 0.2) is 42.7 Å². The van der Waals surface area contributed by atoms with Gasteiger partial charge in [0, 0.05) is 30.9 Å². The number of hydrogen-bond acceptors (Lipinski definition) is 4. The first kappa shape index (κ1) is 15.6. The summed E-state index contributed by atoms with van der Waals surface area (Å²) in [5.41, 5.74) is 1.97. The van der Waals surface area contributed by atoms with Gasteiger partial charge in [-0.1, -0.05) is 12.1 Å². The largest absolute Gasteiger partial charge is 0.491 e. The lowest BCUT2D eigenvalue weighted by molar-refractivity contribution is 0.331. The standard InChI is InChI=1S/C15H18BFN2O2/c1-19(9-6-12-4-7-18-8-5-12)11-13-2-3-15(17)14(10-13)16(20)21/h2-5,7-8,10,20-21H,6,9,11H2,1H3. The molecule has 0 amide bonds. The van der Waals surface area contributed by atoms with E-state index in [9.17, 15) is 4.39 Å². The van der Waals surface area contributed by atoms with Crippen LogP contribution in [0.4, 0.5) is 4.39 Å². The number of nitrogens with zero attached hydrogens (tertiary/aromatic N) is 2. The van der Waals surface area contributed by atoms with Crippen LogP contribution in [0.2, 0.25) is 0 Å². The van der Waals surface area contributed by atoms with E-state index in [2.05, 4.69) is 9.88 Å². The van der Waals surface area contributed by atoms with Crippen molar-refractivity contribution in [1.29, 1.82) is 0 Å². The van der Waals surface area contributed by atoms with Gasteiger partial charge < -0.3 is 14.9 Å². The monoisotopic (exact) mass is 288 g/mol. The van der Waals surface area contributed by atoms with Gasteiger partial charge in [0.05, 0.1) is 0 Å². The molecule has 4 nitrogen and oxygen atoms in total. The molecule has 110 valence electrons. The van der Waals surface area contributed by atoms with E-state index in [4.69, 9.17) is 10.0 Å². The van der Waals surface area contributed by atoms with E-state index in [0.29, 0.717) is 6.54 Å². The molecule has 1 aromatic carbocycles. The lowest BCUT2D eigenvalue weighted by Gasteiger charge is -2.17. The van der Waals surface area contributed by atoms with Crippen molar-refractivity contribution in [3.63, 3.8) is 0 Å². The summed E-state index contributed by atoms with van der Waals surface area (Å²) in [7, 11) is 0.187. The maximum Gasteiger partial charge on any atom is 0.491 e. The van der Waals surface area contributed by atoms with Crippen molar-refractivity contribution in [3.8, 4) is 0 Å². The highest BCUT2D eigenvalue weighted by Gasteiger charge is 2.17. The van der Waals surface area contributed by atoms with Crippen molar-refractivity contribution in [2.45, 2.75) is 13.0 Å². The maximum atomic E-state index is 13.4. The van der Waals surface area contributed by atoms with Gasteiger partial charge in [-0.25, -0.2) is 4.39 Å². The first-order valence-electron chi connectivity index (χ1n) is 6.78. The zero-order valence-corrected chi connectivity index (χ0v) is 11.9. The molecule has 21 heavy (non-hydrogen) atoms. The van der Waals surface area contributed by atoms with Crippen LogP contribution in [0.5, 0.6) is 0 Å². The molecule has 2 aromatic rings. The molecule has 0 unspecified atom stereocenters. The smallest absolute Gasteiger partial charge is 0.423 e. The summed E-state index contributed by atoms with van der Waals surface area (Å²) in [6.45, 7) is 1.46. The lowest BCUT2D eigenvalue weighted by Crippen LogP contribution is -2.33. The first-order chi connectivity index (χ1) is 10.1. The molecule has 6 heteroatoms. The zero-order valence-electron chi connectivity index (χ0n) is 11.9.